The van der Waals surface area contributed by atoms with E-state index in [4.69, 9.17) is 4.74 Å². The highest BCUT2D eigenvalue weighted by Crippen LogP contribution is 2.52. The molecule has 0 aliphatic heterocycles. The van der Waals surface area contributed by atoms with E-state index in [1.807, 2.05) is 18.2 Å². The monoisotopic (exact) mass is 475 g/mol. The smallest absolute Gasteiger partial charge is 0.391 e. The summed E-state index contributed by atoms with van der Waals surface area (Å²) < 4.78 is 44.7. The van der Waals surface area contributed by atoms with Gasteiger partial charge in [0.05, 0.1) is 17.4 Å². The predicted octanol–water partition coefficient (Wildman–Crippen LogP) is 6.61. The maximum Gasteiger partial charge on any atom is 0.391 e. The van der Waals surface area contributed by atoms with Crippen LogP contribution in [0.1, 0.15) is 69.8 Å². The molecule has 0 aromatic heterocycles. The Kier molecular flexibility index (Phi) is 6.03. The van der Waals surface area contributed by atoms with Crippen LogP contribution in [0.2, 0.25) is 0 Å². The van der Waals surface area contributed by atoms with Crippen LogP contribution in [0, 0.1) is 11.3 Å². The molecular formula is C27H32F3NO3. The Morgan fingerprint density at radius 1 is 0.941 bits per heavy atom. The zero-order chi connectivity index (χ0) is 24.0. The zero-order valence-electron chi connectivity index (χ0n) is 19.3. The van der Waals surface area contributed by atoms with Gasteiger partial charge in [0.1, 0.15) is 5.75 Å². The summed E-state index contributed by atoms with van der Waals surface area (Å²) in [6.07, 6.45) is 1.89. The minimum absolute atomic E-state index is 0.0506. The van der Waals surface area contributed by atoms with Crippen LogP contribution in [0.15, 0.2) is 36.4 Å². The van der Waals surface area contributed by atoms with Gasteiger partial charge in [0.25, 0.3) is 0 Å². The molecular weight excluding hydrogens is 443 g/mol. The van der Waals surface area contributed by atoms with Gasteiger partial charge in [0, 0.05) is 12.1 Å². The van der Waals surface area contributed by atoms with Crippen LogP contribution in [0.25, 0.3) is 10.8 Å². The van der Waals surface area contributed by atoms with Gasteiger partial charge in [0.15, 0.2) is 0 Å². The van der Waals surface area contributed by atoms with Gasteiger partial charge in [-0.25, -0.2) is 0 Å². The molecule has 2 N–H and O–H groups in total. The summed E-state index contributed by atoms with van der Waals surface area (Å²) in [7, 11) is 0. The third-order valence-electron chi connectivity index (χ3n) is 8.68. The molecule has 0 atom stereocenters. The van der Waals surface area contributed by atoms with Gasteiger partial charge in [-0.05, 0) is 98.7 Å². The molecule has 184 valence electrons. The van der Waals surface area contributed by atoms with Crippen LogP contribution in [0.4, 0.5) is 13.2 Å². The van der Waals surface area contributed by atoms with Crippen molar-refractivity contribution in [3.63, 3.8) is 0 Å². The molecule has 34 heavy (non-hydrogen) atoms. The van der Waals surface area contributed by atoms with Gasteiger partial charge in [-0.3, -0.25) is 4.79 Å². The number of alkyl halides is 3. The minimum Gasteiger partial charge on any atom is -0.490 e. The molecule has 4 nitrogen and oxygen atoms in total. The van der Waals surface area contributed by atoms with E-state index in [1.165, 1.54) is 5.56 Å². The second-order valence-electron chi connectivity index (χ2n) is 10.7. The lowest BCUT2D eigenvalue weighted by Gasteiger charge is -2.51. The highest BCUT2D eigenvalue weighted by molar-refractivity contribution is 5.84. The van der Waals surface area contributed by atoms with Gasteiger partial charge >= 0.3 is 12.1 Å². The predicted molar refractivity (Wildman–Crippen MR) is 124 cm³/mol. The van der Waals surface area contributed by atoms with Crippen LogP contribution in [-0.4, -0.2) is 28.9 Å². The van der Waals surface area contributed by atoms with E-state index in [0.29, 0.717) is 18.6 Å². The van der Waals surface area contributed by atoms with Crippen molar-refractivity contribution in [3.8, 4) is 5.75 Å². The fourth-order valence-corrected chi connectivity index (χ4v) is 6.22. The average Bonchev–Trinajstić information content (AvgIpc) is 2.83. The summed E-state index contributed by atoms with van der Waals surface area (Å²) in [6, 6.07) is 12.2. The molecule has 4 aliphatic rings. The second kappa shape index (κ2) is 8.74. The summed E-state index contributed by atoms with van der Waals surface area (Å²) in [4.78, 5) is 11.7. The number of carbonyl (C=O) groups is 1. The van der Waals surface area contributed by atoms with Crippen molar-refractivity contribution < 1.29 is 27.8 Å². The lowest BCUT2D eigenvalue weighted by Crippen LogP contribution is -2.56. The number of aliphatic carboxylic acids is 1. The molecule has 0 spiro atoms. The average molecular weight is 476 g/mol. The molecule has 6 rings (SSSR count). The maximum absolute atomic E-state index is 12.9. The molecule has 2 bridgehead atoms. The van der Waals surface area contributed by atoms with Crippen molar-refractivity contribution in [1.82, 2.24) is 5.32 Å². The Bertz CT molecular complexity index is 1030. The first-order chi connectivity index (χ1) is 16.2. The summed E-state index contributed by atoms with van der Waals surface area (Å²) in [5.74, 6) is -1.12. The quantitative estimate of drug-likeness (QED) is 0.494. The molecule has 0 radical (unpaired) electrons. The first-order valence-electron chi connectivity index (χ1n) is 12.4. The van der Waals surface area contributed by atoms with Gasteiger partial charge < -0.3 is 15.2 Å². The van der Waals surface area contributed by atoms with Crippen LogP contribution < -0.4 is 10.1 Å². The third kappa shape index (κ3) is 4.64. The highest BCUT2D eigenvalue weighted by Gasteiger charge is 2.52. The van der Waals surface area contributed by atoms with Gasteiger partial charge in [-0.1, -0.05) is 18.2 Å². The van der Waals surface area contributed by atoms with Crippen molar-refractivity contribution in [3.05, 3.63) is 42.0 Å². The van der Waals surface area contributed by atoms with Crippen molar-refractivity contribution in [2.45, 2.75) is 88.6 Å². The van der Waals surface area contributed by atoms with Crippen LogP contribution in [-0.2, 0) is 11.3 Å². The number of halogens is 3. The first kappa shape index (κ1) is 23.5. The van der Waals surface area contributed by atoms with E-state index >= 15 is 0 Å². The molecule has 4 fully saturated rings. The van der Waals surface area contributed by atoms with E-state index < -0.39 is 23.5 Å². The summed E-state index contributed by atoms with van der Waals surface area (Å²) in [5, 5.41) is 15.5. The fraction of sp³-hybridized carbons (Fsp3) is 0.593. The Morgan fingerprint density at radius 3 is 2.18 bits per heavy atom. The number of nitrogens with one attached hydrogen (secondary N) is 1. The van der Waals surface area contributed by atoms with E-state index in [2.05, 4.69) is 23.5 Å². The number of ether oxygens (including phenoxy) is 1. The largest absolute Gasteiger partial charge is 0.490 e. The lowest BCUT2D eigenvalue weighted by atomic mass is 9.57. The number of hydrogen-bond donors (Lipinski definition) is 2. The van der Waals surface area contributed by atoms with Crippen molar-refractivity contribution in [2.24, 2.45) is 11.3 Å². The fourth-order valence-electron chi connectivity index (χ4n) is 6.22. The Hall–Kier alpha value is -2.28. The number of hydrogen-bond acceptors (Lipinski definition) is 3. The summed E-state index contributed by atoms with van der Waals surface area (Å²) >= 11 is 0. The number of benzene rings is 2. The highest BCUT2D eigenvalue weighted by atomic mass is 19.4. The molecule has 2 aromatic rings. The lowest BCUT2D eigenvalue weighted by molar-refractivity contribution is -0.185. The van der Waals surface area contributed by atoms with Gasteiger partial charge in [-0.2, -0.15) is 13.2 Å². The SMILES string of the molecule is O=C(O)C12CCC(NCc3ccc4cc(O[C@H]5CC[C@H](C(F)(F)F)CC5)ccc4c3)(CC1)CC2. The zero-order valence-corrected chi connectivity index (χ0v) is 19.3. The second-order valence-corrected chi connectivity index (χ2v) is 10.7. The van der Waals surface area contributed by atoms with E-state index in [0.717, 1.165) is 55.8 Å². The Labute approximate surface area is 197 Å². The van der Waals surface area contributed by atoms with E-state index in [9.17, 15) is 23.1 Å². The Morgan fingerprint density at radius 2 is 1.56 bits per heavy atom. The summed E-state index contributed by atoms with van der Waals surface area (Å²) in [6.45, 7) is 0.747. The number of fused-ring (bicyclic) bond motifs is 4. The van der Waals surface area contributed by atoms with Crippen LogP contribution in [0.5, 0.6) is 5.75 Å². The topological polar surface area (TPSA) is 58.6 Å². The molecule has 4 aliphatic carbocycles. The van der Waals surface area contributed by atoms with E-state index in [-0.39, 0.29) is 24.5 Å². The minimum atomic E-state index is -4.10. The van der Waals surface area contributed by atoms with E-state index in [1.54, 1.807) is 0 Å². The van der Waals surface area contributed by atoms with Crippen LogP contribution >= 0.6 is 0 Å². The molecule has 0 unspecified atom stereocenters. The molecule has 0 heterocycles. The van der Waals surface area contributed by atoms with Crippen molar-refractivity contribution >= 4 is 16.7 Å². The molecule has 7 heteroatoms. The standard InChI is InChI=1S/C27H32F3NO3/c28-27(29,30)21-4-7-22(8-5-21)34-23-6-3-19-15-18(1-2-20(19)16-23)17-31-26-12-9-25(10-13-26,11-14-26)24(32)33/h1-3,6,15-16,21-22,31H,4-5,7-14,17H2,(H,32,33)/t21-,22-,25?,26?. The number of carboxylic acid groups (broad SMARTS) is 1. The normalized spacial score (nSPS) is 31.5. The van der Waals surface area contributed by atoms with Crippen molar-refractivity contribution in [2.75, 3.05) is 0 Å². The summed E-state index contributed by atoms with van der Waals surface area (Å²) in [5.41, 5.74) is 0.736. The first-order valence-corrected chi connectivity index (χ1v) is 12.4. The Balaban J connectivity index is 1.18. The van der Waals surface area contributed by atoms with Gasteiger partial charge in [-0.15, -0.1) is 0 Å². The molecule has 4 saturated carbocycles. The molecule has 0 saturated heterocycles. The number of rotatable bonds is 6. The van der Waals surface area contributed by atoms with Gasteiger partial charge in [0.2, 0.25) is 0 Å². The van der Waals surface area contributed by atoms with Crippen LogP contribution in [0.3, 0.4) is 0 Å². The third-order valence-corrected chi connectivity index (χ3v) is 8.68. The van der Waals surface area contributed by atoms with Crippen molar-refractivity contribution in [1.29, 1.82) is 0 Å². The number of carboxylic acids is 1. The maximum atomic E-state index is 12.9. The molecule has 2 aromatic carbocycles. The molecule has 0 amide bonds.